The third-order valence-electron chi connectivity index (χ3n) is 5.00. The highest BCUT2D eigenvalue weighted by atomic mass is 35.5. The molecule has 2 heterocycles. The van der Waals surface area contributed by atoms with Crippen LogP contribution in [0, 0.1) is 0 Å². The van der Waals surface area contributed by atoms with Gasteiger partial charge in [0, 0.05) is 22.7 Å². The number of aromatic hydroxyl groups is 1. The van der Waals surface area contributed by atoms with Gasteiger partial charge in [-0.05, 0) is 54.1 Å². The van der Waals surface area contributed by atoms with Crippen molar-refractivity contribution in [3.63, 3.8) is 0 Å². The second-order valence-corrected chi connectivity index (χ2v) is 7.60. The summed E-state index contributed by atoms with van der Waals surface area (Å²) in [6.07, 6.45) is 1.41. The van der Waals surface area contributed by atoms with Gasteiger partial charge in [-0.15, -0.1) is 0 Å². The van der Waals surface area contributed by atoms with Crippen molar-refractivity contribution < 1.29 is 18.8 Å². The summed E-state index contributed by atoms with van der Waals surface area (Å²) in [5.41, 5.74) is 2.83. The molecule has 0 fully saturated rings. The molecule has 0 saturated heterocycles. The molecule has 5 rings (SSSR count). The van der Waals surface area contributed by atoms with Crippen LogP contribution >= 0.6 is 11.6 Å². The summed E-state index contributed by atoms with van der Waals surface area (Å²) in [5, 5.41) is 14.6. The quantitative estimate of drug-likeness (QED) is 0.354. The first kappa shape index (κ1) is 19.9. The van der Waals surface area contributed by atoms with Crippen LogP contribution < -0.4 is 10.2 Å². The number of benzene rings is 3. The van der Waals surface area contributed by atoms with Gasteiger partial charge in [0.25, 0.3) is 0 Å². The second-order valence-electron chi connectivity index (χ2n) is 7.16. The Morgan fingerprint density at radius 1 is 0.938 bits per heavy atom. The SMILES string of the molecule is O=c1c(-c2ccc(O)cc2)coc2cc(OCc3cc(-c4ccc(Cl)cc4)on3)ccc12. The highest BCUT2D eigenvalue weighted by Gasteiger charge is 2.11. The Morgan fingerprint density at radius 3 is 2.47 bits per heavy atom. The van der Waals surface area contributed by atoms with Gasteiger partial charge >= 0.3 is 0 Å². The zero-order valence-electron chi connectivity index (χ0n) is 16.6. The van der Waals surface area contributed by atoms with Crippen LogP contribution in [0.25, 0.3) is 33.4 Å². The highest BCUT2D eigenvalue weighted by Crippen LogP contribution is 2.26. The number of nitrogens with zero attached hydrogens (tertiary/aromatic N) is 1. The lowest BCUT2D eigenvalue weighted by atomic mass is 10.1. The van der Waals surface area contributed by atoms with E-state index in [4.69, 9.17) is 25.3 Å². The van der Waals surface area contributed by atoms with Crippen LogP contribution in [0.4, 0.5) is 0 Å². The second kappa shape index (κ2) is 8.24. The van der Waals surface area contributed by atoms with E-state index < -0.39 is 0 Å². The molecule has 32 heavy (non-hydrogen) atoms. The monoisotopic (exact) mass is 445 g/mol. The van der Waals surface area contributed by atoms with Crippen molar-refractivity contribution >= 4 is 22.6 Å². The van der Waals surface area contributed by atoms with Gasteiger partial charge in [0.15, 0.2) is 11.2 Å². The van der Waals surface area contributed by atoms with Gasteiger partial charge in [-0.25, -0.2) is 0 Å². The Balaban J connectivity index is 1.34. The molecule has 0 bridgehead atoms. The van der Waals surface area contributed by atoms with Crippen molar-refractivity contribution in [2.75, 3.05) is 0 Å². The minimum atomic E-state index is -0.160. The van der Waals surface area contributed by atoms with E-state index >= 15 is 0 Å². The third kappa shape index (κ3) is 3.96. The lowest BCUT2D eigenvalue weighted by molar-refractivity contribution is 0.290. The standard InChI is InChI=1S/C25H16ClNO5/c26-17-5-1-16(2-6-17)23-11-18(27-32-23)13-30-20-9-10-21-24(12-20)31-14-22(25(21)29)15-3-7-19(28)8-4-15/h1-12,14,28H,13H2. The van der Waals surface area contributed by atoms with Crippen molar-refractivity contribution in [2.24, 2.45) is 0 Å². The minimum Gasteiger partial charge on any atom is -0.508 e. The molecule has 0 unspecified atom stereocenters. The number of phenols is 1. The molecule has 1 N–H and O–H groups in total. The van der Waals surface area contributed by atoms with Crippen molar-refractivity contribution in [3.05, 3.63) is 100.0 Å². The van der Waals surface area contributed by atoms with Crippen molar-refractivity contribution in [1.29, 1.82) is 0 Å². The lowest BCUT2D eigenvalue weighted by Crippen LogP contribution is -2.05. The molecular weight excluding hydrogens is 430 g/mol. The average Bonchev–Trinajstić information content (AvgIpc) is 3.28. The van der Waals surface area contributed by atoms with Gasteiger partial charge in [0.1, 0.15) is 35.6 Å². The summed E-state index contributed by atoms with van der Waals surface area (Å²) in [6.45, 7) is 0.193. The molecular formula is C25H16ClNO5. The van der Waals surface area contributed by atoms with Crippen LogP contribution in [0.3, 0.4) is 0 Å². The van der Waals surface area contributed by atoms with Gasteiger partial charge in [-0.3, -0.25) is 4.79 Å². The summed E-state index contributed by atoms with van der Waals surface area (Å²) in [6, 6.07) is 20.5. The molecule has 0 spiro atoms. The normalized spacial score (nSPS) is 11.0. The predicted molar refractivity (Wildman–Crippen MR) is 121 cm³/mol. The van der Waals surface area contributed by atoms with Crippen LogP contribution in [0.5, 0.6) is 11.5 Å². The number of hydrogen-bond acceptors (Lipinski definition) is 6. The molecule has 0 aliphatic heterocycles. The highest BCUT2D eigenvalue weighted by molar-refractivity contribution is 6.30. The first-order chi connectivity index (χ1) is 15.6. The number of aromatic nitrogens is 1. The lowest BCUT2D eigenvalue weighted by Gasteiger charge is -2.06. The minimum absolute atomic E-state index is 0.133. The van der Waals surface area contributed by atoms with E-state index in [0.29, 0.717) is 44.3 Å². The average molecular weight is 446 g/mol. The number of halogens is 1. The predicted octanol–water partition coefficient (Wildman–Crippen LogP) is 6.05. The van der Waals surface area contributed by atoms with Gasteiger partial charge < -0.3 is 18.8 Å². The Morgan fingerprint density at radius 2 is 1.69 bits per heavy atom. The van der Waals surface area contributed by atoms with Crippen molar-refractivity contribution in [2.45, 2.75) is 6.61 Å². The van der Waals surface area contributed by atoms with Crippen molar-refractivity contribution in [1.82, 2.24) is 5.16 Å². The fraction of sp³-hybridized carbons (Fsp3) is 0.0400. The maximum atomic E-state index is 12.9. The largest absolute Gasteiger partial charge is 0.508 e. The Hall–Kier alpha value is -4.03. The molecule has 2 aromatic heterocycles. The topological polar surface area (TPSA) is 85.7 Å². The fourth-order valence-electron chi connectivity index (χ4n) is 3.33. The first-order valence-corrected chi connectivity index (χ1v) is 10.1. The van der Waals surface area contributed by atoms with Gasteiger partial charge in [-0.1, -0.05) is 28.9 Å². The van der Waals surface area contributed by atoms with Crippen LogP contribution in [0.1, 0.15) is 5.69 Å². The number of rotatable bonds is 5. The van der Waals surface area contributed by atoms with E-state index in [2.05, 4.69) is 5.16 Å². The van der Waals surface area contributed by atoms with Crippen LogP contribution in [0.2, 0.25) is 5.02 Å². The molecule has 158 valence electrons. The van der Waals surface area contributed by atoms with E-state index in [9.17, 15) is 9.90 Å². The molecule has 0 aliphatic rings. The van der Waals surface area contributed by atoms with Crippen LogP contribution in [-0.4, -0.2) is 10.3 Å². The third-order valence-corrected chi connectivity index (χ3v) is 5.25. The van der Waals surface area contributed by atoms with Crippen molar-refractivity contribution in [3.8, 4) is 33.9 Å². The molecule has 0 amide bonds. The Labute approximate surface area is 187 Å². The number of hydrogen-bond donors (Lipinski definition) is 1. The zero-order chi connectivity index (χ0) is 22.1. The molecule has 7 heteroatoms. The zero-order valence-corrected chi connectivity index (χ0v) is 17.4. The van der Waals surface area contributed by atoms with Crippen LogP contribution in [-0.2, 0) is 6.61 Å². The Bertz CT molecular complexity index is 1450. The maximum absolute atomic E-state index is 12.9. The van der Waals surface area contributed by atoms with E-state index in [1.807, 2.05) is 12.1 Å². The van der Waals surface area contributed by atoms with E-state index in [0.717, 1.165) is 5.56 Å². The molecule has 5 aromatic rings. The molecule has 0 saturated carbocycles. The number of fused-ring (bicyclic) bond motifs is 1. The Kier molecular flexibility index (Phi) is 5.13. The van der Waals surface area contributed by atoms with Gasteiger partial charge in [0.05, 0.1) is 10.9 Å². The first-order valence-electron chi connectivity index (χ1n) is 9.76. The van der Waals surface area contributed by atoms with Gasteiger partial charge in [0.2, 0.25) is 0 Å². The number of ether oxygens (including phenoxy) is 1. The molecule has 0 atom stereocenters. The molecule has 3 aromatic carbocycles. The smallest absolute Gasteiger partial charge is 0.200 e. The summed E-state index contributed by atoms with van der Waals surface area (Å²) >= 11 is 5.92. The molecule has 0 radical (unpaired) electrons. The summed E-state index contributed by atoms with van der Waals surface area (Å²) < 4.78 is 16.9. The van der Waals surface area contributed by atoms with E-state index in [1.165, 1.54) is 18.4 Å². The fourth-order valence-corrected chi connectivity index (χ4v) is 3.45. The summed E-state index contributed by atoms with van der Waals surface area (Å²) in [5.74, 6) is 1.29. The molecule has 0 aliphatic carbocycles. The summed E-state index contributed by atoms with van der Waals surface area (Å²) in [7, 11) is 0. The molecule has 6 nitrogen and oxygen atoms in total. The van der Waals surface area contributed by atoms with Gasteiger partial charge in [-0.2, -0.15) is 0 Å². The maximum Gasteiger partial charge on any atom is 0.200 e. The van der Waals surface area contributed by atoms with Crippen LogP contribution in [0.15, 0.2) is 92.8 Å². The summed E-state index contributed by atoms with van der Waals surface area (Å²) in [4.78, 5) is 12.9. The van der Waals surface area contributed by atoms with E-state index in [-0.39, 0.29) is 17.8 Å². The van der Waals surface area contributed by atoms with E-state index in [1.54, 1.807) is 48.5 Å². The number of phenolic OH excluding ortho intramolecular Hbond substituents is 1.